The van der Waals surface area contributed by atoms with Crippen LogP contribution in [0.5, 0.6) is 11.5 Å². The van der Waals surface area contributed by atoms with Gasteiger partial charge in [-0.25, -0.2) is 0 Å². The van der Waals surface area contributed by atoms with E-state index < -0.39 is 24.1 Å². The van der Waals surface area contributed by atoms with Gasteiger partial charge in [-0.15, -0.1) is 0 Å². The summed E-state index contributed by atoms with van der Waals surface area (Å²) in [5, 5.41) is 50.7. The number of aromatic nitrogens is 2. The van der Waals surface area contributed by atoms with Gasteiger partial charge in [-0.2, -0.15) is 5.26 Å². The summed E-state index contributed by atoms with van der Waals surface area (Å²) in [6.07, 6.45) is 6.00. The first-order chi connectivity index (χ1) is 28.9. The Morgan fingerprint density at radius 3 is 2.17 bits per heavy atom. The highest BCUT2D eigenvalue weighted by molar-refractivity contribution is 6.32. The molecular formula is C47H51ClN4O8. The number of aryl methyl sites for hydroxylation is 1. The lowest BCUT2D eigenvalue weighted by Crippen LogP contribution is -2.17. The van der Waals surface area contributed by atoms with Crippen LogP contribution in [0, 0.1) is 25.2 Å². The third kappa shape index (κ3) is 13.3. The van der Waals surface area contributed by atoms with Gasteiger partial charge in [0.25, 0.3) is 0 Å². The maximum absolute atomic E-state index is 11.0. The number of nitriles is 1. The number of hydrogen-bond acceptors (Lipinski definition) is 10. The zero-order valence-corrected chi connectivity index (χ0v) is 34.6. The molecule has 0 aliphatic carbocycles. The number of aliphatic carboxylic acids is 2. The molecule has 0 aliphatic rings. The fraction of sp³-hybridized carbons (Fsp3) is 0.340. The van der Waals surface area contributed by atoms with Crippen molar-refractivity contribution in [2.75, 3.05) is 6.54 Å². The minimum absolute atomic E-state index is 0.141. The zero-order chi connectivity index (χ0) is 43.0. The molecule has 0 radical (unpaired) electrons. The number of carboxylic acid groups (broad SMARTS) is 2. The van der Waals surface area contributed by atoms with Gasteiger partial charge in [-0.1, -0.05) is 54.1 Å². The average molecular weight is 835 g/mol. The van der Waals surface area contributed by atoms with Gasteiger partial charge in [0.15, 0.2) is 0 Å². The molecule has 13 heteroatoms. The normalized spacial score (nSPS) is 12.1. The standard InChI is InChI=1S/C47H51ClN4O8/c1-30-36(29-60-45-22-44(59-28-33-18-32(23-49)24-51-25-33)34(19-43(45)48)8-5-11-39(54)21-47(57)58)9-6-13-41(30)42-14-7-12-40(31(42)2)35-15-16-37(52-26-35)27-50-17-4-3-10-38(53)20-46(55)56/h6-7,9,12-16,18-19,22,24-26,38-39,50,53-54H,3-5,8,10-11,17,20-21,27-29H2,1-2H3,(H,55,56)(H,57,58)/t38-,39-/m1/s1. The van der Waals surface area contributed by atoms with Crippen LogP contribution in [0.25, 0.3) is 22.3 Å². The number of rotatable bonds is 23. The van der Waals surface area contributed by atoms with Gasteiger partial charge in [-0.3, -0.25) is 19.6 Å². The summed E-state index contributed by atoms with van der Waals surface area (Å²) in [4.78, 5) is 30.6. The fourth-order valence-electron chi connectivity index (χ4n) is 7.00. The molecule has 3 aromatic carbocycles. The molecule has 0 unspecified atom stereocenters. The first kappa shape index (κ1) is 45.2. The van der Waals surface area contributed by atoms with Crippen molar-refractivity contribution in [3.63, 3.8) is 0 Å². The van der Waals surface area contributed by atoms with Crippen LogP contribution >= 0.6 is 11.6 Å². The summed E-state index contributed by atoms with van der Waals surface area (Å²) in [7, 11) is 0. The van der Waals surface area contributed by atoms with Crippen LogP contribution < -0.4 is 14.8 Å². The lowest BCUT2D eigenvalue weighted by Gasteiger charge is -2.18. The lowest BCUT2D eigenvalue weighted by atomic mass is 9.90. The average Bonchev–Trinajstić information content (AvgIpc) is 3.22. The van der Waals surface area contributed by atoms with E-state index in [-0.39, 0.29) is 26.1 Å². The molecule has 0 spiro atoms. The van der Waals surface area contributed by atoms with E-state index in [1.807, 2.05) is 30.5 Å². The monoisotopic (exact) mass is 834 g/mol. The molecule has 5 rings (SSSR count). The van der Waals surface area contributed by atoms with Crippen molar-refractivity contribution < 1.29 is 39.5 Å². The van der Waals surface area contributed by atoms with Crippen molar-refractivity contribution in [2.24, 2.45) is 0 Å². The number of halogens is 1. The number of aliphatic hydroxyl groups excluding tert-OH is 2. The number of nitrogens with one attached hydrogen (secondary N) is 1. The fourth-order valence-corrected chi connectivity index (χ4v) is 7.24. The number of pyridine rings is 2. The summed E-state index contributed by atoms with van der Waals surface area (Å²) < 4.78 is 12.6. The molecule has 0 saturated carbocycles. The molecule has 5 aromatic rings. The van der Waals surface area contributed by atoms with E-state index in [4.69, 9.17) is 36.3 Å². The molecule has 2 heterocycles. The highest BCUT2D eigenvalue weighted by atomic mass is 35.5. The van der Waals surface area contributed by atoms with Gasteiger partial charge >= 0.3 is 11.9 Å². The van der Waals surface area contributed by atoms with Gasteiger partial charge in [0, 0.05) is 42.3 Å². The first-order valence-electron chi connectivity index (χ1n) is 20.0. The van der Waals surface area contributed by atoms with Gasteiger partial charge < -0.3 is 35.2 Å². The SMILES string of the molecule is Cc1c(COc2cc(OCc3cncc(C#N)c3)c(CCC[C@@H](O)CC(=O)O)cc2Cl)cccc1-c1cccc(-c2ccc(CNCCCC[C@@H](O)CC(=O)O)nc2)c1C. The number of carboxylic acids is 2. The number of nitrogens with zero attached hydrogens (tertiary/aromatic N) is 3. The molecule has 12 nitrogen and oxygen atoms in total. The highest BCUT2D eigenvalue weighted by Gasteiger charge is 2.17. The molecule has 2 atom stereocenters. The van der Waals surface area contributed by atoms with Crippen molar-refractivity contribution in [3.8, 4) is 39.8 Å². The van der Waals surface area contributed by atoms with E-state index >= 15 is 0 Å². The Hall–Kier alpha value is -5.84. The van der Waals surface area contributed by atoms with Crippen LogP contribution in [0.1, 0.15) is 84.0 Å². The number of aliphatic hydroxyl groups is 2. The van der Waals surface area contributed by atoms with E-state index in [0.717, 1.165) is 69.6 Å². The van der Waals surface area contributed by atoms with Crippen molar-refractivity contribution in [1.29, 1.82) is 5.26 Å². The summed E-state index contributed by atoms with van der Waals surface area (Å²) in [6, 6.07) is 23.8. The zero-order valence-electron chi connectivity index (χ0n) is 33.9. The predicted molar refractivity (Wildman–Crippen MR) is 229 cm³/mol. The molecule has 0 saturated heterocycles. The summed E-state index contributed by atoms with van der Waals surface area (Å²) in [6.45, 7) is 5.90. The van der Waals surface area contributed by atoms with Crippen LogP contribution in [-0.2, 0) is 35.8 Å². The second-order valence-corrected chi connectivity index (χ2v) is 15.2. The largest absolute Gasteiger partial charge is 0.488 e. The Bertz CT molecular complexity index is 2280. The van der Waals surface area contributed by atoms with Gasteiger partial charge in [0.2, 0.25) is 0 Å². The topological polar surface area (TPSA) is 195 Å². The number of ether oxygens (including phenoxy) is 2. The summed E-state index contributed by atoms with van der Waals surface area (Å²) in [5.74, 6) is -1.10. The molecule has 5 N–H and O–H groups in total. The van der Waals surface area contributed by atoms with Crippen molar-refractivity contribution >= 4 is 23.5 Å². The Morgan fingerprint density at radius 1 is 0.783 bits per heavy atom. The number of carbonyl (C=O) groups is 2. The maximum atomic E-state index is 11.0. The minimum atomic E-state index is -1.06. The van der Waals surface area contributed by atoms with Crippen LogP contribution in [0.4, 0.5) is 0 Å². The molecule has 60 heavy (non-hydrogen) atoms. The van der Waals surface area contributed by atoms with E-state index in [0.29, 0.717) is 59.9 Å². The Labute approximate surface area is 355 Å². The highest BCUT2D eigenvalue weighted by Crippen LogP contribution is 2.37. The number of hydrogen-bond donors (Lipinski definition) is 5. The maximum Gasteiger partial charge on any atom is 0.305 e. The van der Waals surface area contributed by atoms with Crippen molar-refractivity contribution in [2.45, 2.75) is 97.2 Å². The minimum Gasteiger partial charge on any atom is -0.488 e. The second-order valence-electron chi connectivity index (χ2n) is 14.8. The van der Waals surface area contributed by atoms with Crippen LogP contribution in [-0.4, -0.2) is 61.1 Å². The van der Waals surface area contributed by atoms with Gasteiger partial charge in [-0.05, 0) is 116 Å². The van der Waals surface area contributed by atoms with Crippen LogP contribution in [0.15, 0.2) is 85.3 Å². The van der Waals surface area contributed by atoms with Gasteiger partial charge in [0.05, 0.1) is 41.3 Å². The third-order valence-electron chi connectivity index (χ3n) is 10.3. The third-order valence-corrected chi connectivity index (χ3v) is 10.6. The lowest BCUT2D eigenvalue weighted by molar-refractivity contribution is -0.140. The summed E-state index contributed by atoms with van der Waals surface area (Å²) >= 11 is 6.79. The number of unbranched alkanes of at least 4 members (excludes halogenated alkanes) is 1. The Morgan fingerprint density at radius 2 is 1.47 bits per heavy atom. The van der Waals surface area contributed by atoms with E-state index in [9.17, 15) is 25.1 Å². The first-order valence-corrected chi connectivity index (χ1v) is 20.4. The number of benzene rings is 3. The molecular weight excluding hydrogens is 784 g/mol. The summed E-state index contributed by atoms with van der Waals surface area (Å²) in [5.41, 5.74) is 10.2. The van der Waals surface area contributed by atoms with E-state index in [1.165, 1.54) is 6.20 Å². The Balaban J connectivity index is 1.26. The molecule has 0 bridgehead atoms. The quantitative estimate of drug-likeness (QED) is 0.0395. The van der Waals surface area contributed by atoms with Crippen molar-refractivity contribution in [1.82, 2.24) is 15.3 Å². The Kier molecular flexibility index (Phi) is 17.0. The molecule has 0 aliphatic heterocycles. The molecule has 314 valence electrons. The van der Waals surface area contributed by atoms with E-state index in [1.54, 1.807) is 24.4 Å². The second kappa shape index (κ2) is 22.5. The van der Waals surface area contributed by atoms with Gasteiger partial charge in [0.1, 0.15) is 30.8 Å². The van der Waals surface area contributed by atoms with Crippen LogP contribution in [0.2, 0.25) is 5.02 Å². The van der Waals surface area contributed by atoms with Crippen LogP contribution in [0.3, 0.4) is 0 Å². The molecule has 2 aromatic heterocycles. The smallest absolute Gasteiger partial charge is 0.305 e. The molecule has 0 amide bonds. The predicted octanol–water partition coefficient (Wildman–Crippen LogP) is 8.36. The van der Waals surface area contributed by atoms with Crippen molar-refractivity contribution in [3.05, 3.63) is 129 Å². The molecule has 0 fully saturated rings. The van der Waals surface area contributed by atoms with E-state index in [2.05, 4.69) is 54.5 Å².